The molecule has 0 aromatic rings. The molecule has 0 unspecified atom stereocenters. The summed E-state index contributed by atoms with van der Waals surface area (Å²) in [5.41, 5.74) is 16.3. The van der Waals surface area contributed by atoms with Crippen LogP contribution in [-0.2, 0) is 0 Å². The highest BCUT2D eigenvalue weighted by molar-refractivity contribution is 5.03. The fourth-order valence-electron chi connectivity index (χ4n) is 3.18. The van der Waals surface area contributed by atoms with Crippen molar-refractivity contribution < 1.29 is 0 Å². The van der Waals surface area contributed by atoms with Crippen molar-refractivity contribution in [2.75, 3.05) is 6.54 Å². The van der Waals surface area contributed by atoms with Crippen molar-refractivity contribution in [3.63, 3.8) is 0 Å². The molecule has 0 saturated carbocycles. The van der Waals surface area contributed by atoms with Crippen molar-refractivity contribution in [2.45, 2.75) is 105 Å². The quantitative estimate of drug-likeness (QED) is 0.250. The highest BCUT2D eigenvalue weighted by Crippen LogP contribution is 2.30. The minimum Gasteiger partial charge on any atom is -0.401 e. The SMILES string of the molecule is C/C=C(\C)CC/C=C(\C)CCCN/C=C(\N)CC(C)(C)CCCC(C)(C)N. The largest absolute Gasteiger partial charge is 0.401 e. The van der Waals surface area contributed by atoms with Crippen LogP contribution in [0.5, 0.6) is 0 Å². The van der Waals surface area contributed by atoms with Gasteiger partial charge in [0.1, 0.15) is 0 Å². The summed E-state index contributed by atoms with van der Waals surface area (Å²) >= 11 is 0. The van der Waals surface area contributed by atoms with E-state index in [1.54, 1.807) is 0 Å². The van der Waals surface area contributed by atoms with Gasteiger partial charge in [0, 0.05) is 24.0 Å². The summed E-state index contributed by atoms with van der Waals surface area (Å²) in [5.74, 6) is 0. The van der Waals surface area contributed by atoms with E-state index in [9.17, 15) is 0 Å². The molecule has 0 bridgehead atoms. The van der Waals surface area contributed by atoms with Crippen molar-refractivity contribution in [1.29, 1.82) is 0 Å². The van der Waals surface area contributed by atoms with Crippen molar-refractivity contribution >= 4 is 0 Å². The maximum atomic E-state index is 6.22. The van der Waals surface area contributed by atoms with Crippen LogP contribution in [-0.4, -0.2) is 12.1 Å². The van der Waals surface area contributed by atoms with Crippen LogP contribution >= 0.6 is 0 Å². The van der Waals surface area contributed by atoms with E-state index in [4.69, 9.17) is 11.5 Å². The zero-order chi connectivity index (χ0) is 20.9. The maximum Gasteiger partial charge on any atom is 0.0245 e. The molecule has 3 heteroatoms. The molecule has 0 amide bonds. The van der Waals surface area contributed by atoms with Crippen LogP contribution in [0.2, 0.25) is 0 Å². The van der Waals surface area contributed by atoms with Gasteiger partial charge in [-0.25, -0.2) is 0 Å². The van der Waals surface area contributed by atoms with E-state index in [1.165, 1.54) is 17.6 Å². The fraction of sp³-hybridized carbons (Fsp3) is 0.750. The molecule has 0 spiro atoms. The summed E-state index contributed by atoms with van der Waals surface area (Å²) in [6.45, 7) is 16.3. The number of hydrogen-bond donors (Lipinski definition) is 3. The van der Waals surface area contributed by atoms with E-state index < -0.39 is 0 Å². The minimum absolute atomic E-state index is 0.0723. The Balaban J connectivity index is 4.02. The Kier molecular flexibility index (Phi) is 12.5. The molecule has 0 fully saturated rings. The van der Waals surface area contributed by atoms with E-state index >= 15 is 0 Å². The van der Waals surface area contributed by atoms with Crippen LogP contribution in [0.1, 0.15) is 99.8 Å². The van der Waals surface area contributed by atoms with E-state index in [0.29, 0.717) is 0 Å². The molecule has 0 radical (unpaired) electrons. The number of rotatable bonds is 14. The second-order valence-corrected chi connectivity index (χ2v) is 9.68. The Morgan fingerprint density at radius 1 is 0.963 bits per heavy atom. The topological polar surface area (TPSA) is 64.1 Å². The maximum absolute atomic E-state index is 6.22. The van der Waals surface area contributed by atoms with Gasteiger partial charge < -0.3 is 16.8 Å². The third-order valence-corrected chi connectivity index (χ3v) is 5.06. The average molecular weight is 378 g/mol. The Morgan fingerprint density at radius 3 is 2.22 bits per heavy atom. The van der Waals surface area contributed by atoms with Gasteiger partial charge in [-0.15, -0.1) is 0 Å². The second-order valence-electron chi connectivity index (χ2n) is 9.68. The molecule has 0 aromatic carbocycles. The summed E-state index contributed by atoms with van der Waals surface area (Å²) in [5, 5.41) is 3.38. The van der Waals surface area contributed by atoms with Gasteiger partial charge in [0.05, 0.1) is 0 Å². The van der Waals surface area contributed by atoms with Crippen molar-refractivity contribution in [3.8, 4) is 0 Å². The first kappa shape index (κ1) is 25.8. The standard InChI is InChI=1S/C24H47N3/c1-8-20(2)12-9-13-21(3)14-10-17-27-19-22(25)18-23(4,5)15-11-16-24(6,7)26/h8,13,19,27H,9-12,14-18,25-26H2,1-7H3/b20-8+,21-13+,22-19-. The minimum atomic E-state index is -0.0723. The van der Waals surface area contributed by atoms with E-state index in [2.05, 4.69) is 65.9 Å². The van der Waals surface area contributed by atoms with Gasteiger partial charge in [-0.2, -0.15) is 0 Å². The molecular weight excluding hydrogens is 330 g/mol. The summed E-state index contributed by atoms with van der Waals surface area (Å²) < 4.78 is 0. The smallest absolute Gasteiger partial charge is 0.0245 e. The Hall–Kier alpha value is -1.22. The van der Waals surface area contributed by atoms with Crippen LogP contribution in [0.15, 0.2) is 35.2 Å². The van der Waals surface area contributed by atoms with Gasteiger partial charge in [0.15, 0.2) is 0 Å². The fourth-order valence-corrected chi connectivity index (χ4v) is 3.18. The zero-order valence-corrected chi connectivity index (χ0v) is 19.3. The summed E-state index contributed by atoms with van der Waals surface area (Å²) in [7, 11) is 0. The van der Waals surface area contributed by atoms with E-state index in [0.717, 1.165) is 57.2 Å². The molecule has 0 aliphatic rings. The number of allylic oxidation sites excluding steroid dienone is 5. The lowest BCUT2D eigenvalue weighted by Gasteiger charge is -2.27. The molecule has 0 aromatic heterocycles. The first-order chi connectivity index (χ1) is 12.4. The van der Waals surface area contributed by atoms with Crippen LogP contribution in [0.25, 0.3) is 0 Å². The molecule has 0 aliphatic heterocycles. The summed E-state index contributed by atoms with van der Waals surface area (Å²) in [4.78, 5) is 0. The van der Waals surface area contributed by atoms with E-state index in [1.807, 2.05) is 6.20 Å². The predicted octanol–water partition coefficient (Wildman–Crippen LogP) is 6.17. The van der Waals surface area contributed by atoms with Gasteiger partial charge in [0.2, 0.25) is 0 Å². The van der Waals surface area contributed by atoms with Gasteiger partial charge in [-0.05, 0) is 85.0 Å². The molecule has 27 heavy (non-hydrogen) atoms. The van der Waals surface area contributed by atoms with Crippen LogP contribution in [0.4, 0.5) is 0 Å². The van der Waals surface area contributed by atoms with Crippen LogP contribution in [0.3, 0.4) is 0 Å². The lowest BCUT2D eigenvalue weighted by Crippen LogP contribution is -2.32. The highest BCUT2D eigenvalue weighted by atomic mass is 14.8. The molecule has 0 saturated heterocycles. The number of nitrogens with two attached hydrogens (primary N) is 2. The van der Waals surface area contributed by atoms with Gasteiger partial charge in [-0.1, -0.05) is 43.6 Å². The van der Waals surface area contributed by atoms with Gasteiger partial charge in [-0.3, -0.25) is 0 Å². The van der Waals surface area contributed by atoms with Crippen molar-refractivity contribution in [1.82, 2.24) is 5.32 Å². The second kappa shape index (κ2) is 13.0. The van der Waals surface area contributed by atoms with Gasteiger partial charge >= 0.3 is 0 Å². The third-order valence-electron chi connectivity index (χ3n) is 5.06. The summed E-state index contributed by atoms with van der Waals surface area (Å²) in [6, 6.07) is 0. The molecule has 0 rings (SSSR count). The third kappa shape index (κ3) is 16.7. The molecule has 158 valence electrons. The van der Waals surface area contributed by atoms with Crippen LogP contribution < -0.4 is 16.8 Å². The Bertz CT molecular complexity index is 490. The molecular formula is C24H47N3. The molecule has 3 nitrogen and oxygen atoms in total. The van der Waals surface area contributed by atoms with Crippen molar-refractivity contribution in [2.24, 2.45) is 16.9 Å². The monoisotopic (exact) mass is 377 g/mol. The van der Waals surface area contributed by atoms with Crippen LogP contribution in [0, 0.1) is 5.41 Å². The number of nitrogens with one attached hydrogen (secondary N) is 1. The molecule has 0 heterocycles. The van der Waals surface area contributed by atoms with Gasteiger partial charge in [0.25, 0.3) is 0 Å². The Labute approximate surface area is 169 Å². The average Bonchev–Trinajstić information content (AvgIpc) is 2.52. The lowest BCUT2D eigenvalue weighted by atomic mass is 9.81. The lowest BCUT2D eigenvalue weighted by molar-refractivity contribution is 0.300. The molecule has 0 atom stereocenters. The molecule has 0 aliphatic carbocycles. The first-order valence-electron chi connectivity index (χ1n) is 10.7. The zero-order valence-electron chi connectivity index (χ0n) is 19.3. The summed E-state index contributed by atoms with van der Waals surface area (Å²) in [6.07, 6.45) is 15.5. The predicted molar refractivity (Wildman–Crippen MR) is 122 cm³/mol. The van der Waals surface area contributed by atoms with E-state index in [-0.39, 0.29) is 11.0 Å². The highest BCUT2D eigenvalue weighted by Gasteiger charge is 2.20. The normalized spacial score (nSPS) is 14.6. The molecule has 5 N–H and O–H groups in total. The van der Waals surface area contributed by atoms with Crippen molar-refractivity contribution in [3.05, 3.63) is 35.2 Å². The first-order valence-corrected chi connectivity index (χ1v) is 10.7. The number of hydrogen-bond acceptors (Lipinski definition) is 3. The Morgan fingerprint density at radius 2 is 1.63 bits per heavy atom.